The van der Waals surface area contributed by atoms with Gasteiger partial charge < -0.3 is 24.2 Å². The molecule has 4 rings (SSSR count). The second-order valence-electron chi connectivity index (χ2n) is 7.87. The number of piperazine rings is 1. The molecule has 1 aromatic carbocycles. The van der Waals surface area contributed by atoms with Crippen molar-refractivity contribution >= 4 is 28.6 Å². The molecule has 0 bridgehead atoms. The molecule has 1 N–H and O–H groups in total. The van der Waals surface area contributed by atoms with E-state index in [4.69, 9.17) is 14.0 Å². The van der Waals surface area contributed by atoms with Crippen molar-refractivity contribution in [2.75, 3.05) is 63.2 Å². The van der Waals surface area contributed by atoms with E-state index in [2.05, 4.69) is 42.4 Å². The average molecular weight is 455 g/mol. The zero-order valence-electron chi connectivity index (χ0n) is 19.3. The Morgan fingerprint density at radius 2 is 1.91 bits per heavy atom. The molecule has 0 unspecified atom stereocenters. The number of hydrogen-bond donors (Lipinski definition) is 1. The van der Waals surface area contributed by atoms with Crippen LogP contribution in [0.15, 0.2) is 28.8 Å². The first kappa shape index (κ1) is 22.8. The summed E-state index contributed by atoms with van der Waals surface area (Å²) in [5, 5.41) is 7.98. The van der Waals surface area contributed by atoms with Crippen LogP contribution in [0.3, 0.4) is 0 Å². The highest BCUT2D eigenvalue weighted by Crippen LogP contribution is 2.24. The van der Waals surface area contributed by atoms with Crippen LogP contribution < -0.4 is 15.0 Å². The number of benzene rings is 1. The molecular formula is C23H30N6O4. The first-order chi connectivity index (χ1) is 16.1. The summed E-state index contributed by atoms with van der Waals surface area (Å²) in [5.41, 5.74) is 2.19. The first-order valence-corrected chi connectivity index (χ1v) is 11.3. The van der Waals surface area contributed by atoms with Crippen LogP contribution in [0, 0.1) is 6.92 Å². The van der Waals surface area contributed by atoms with Crippen molar-refractivity contribution in [1.82, 2.24) is 20.0 Å². The van der Waals surface area contributed by atoms with Gasteiger partial charge in [0.15, 0.2) is 0 Å². The van der Waals surface area contributed by atoms with Crippen molar-refractivity contribution in [3.05, 3.63) is 35.8 Å². The van der Waals surface area contributed by atoms with Gasteiger partial charge in [-0.2, -0.15) is 4.98 Å². The second kappa shape index (κ2) is 10.5. The van der Waals surface area contributed by atoms with Crippen LogP contribution in [-0.2, 0) is 4.74 Å². The Kier molecular flexibility index (Phi) is 7.23. The quantitative estimate of drug-likeness (QED) is 0.383. The van der Waals surface area contributed by atoms with E-state index in [9.17, 15) is 4.79 Å². The first-order valence-electron chi connectivity index (χ1n) is 11.3. The molecule has 0 radical (unpaired) electrons. The average Bonchev–Trinajstić information content (AvgIpc) is 3.23. The minimum absolute atomic E-state index is 0.0300. The zero-order valence-corrected chi connectivity index (χ0v) is 19.3. The summed E-state index contributed by atoms with van der Waals surface area (Å²) in [6, 6.07) is 8.22. The molecule has 1 aliphatic heterocycles. The third-order valence-electron chi connectivity index (χ3n) is 5.72. The summed E-state index contributed by atoms with van der Waals surface area (Å²) in [4.78, 5) is 25.5. The number of carbonyl (C=O) groups is 1. The Morgan fingerprint density at radius 1 is 1.15 bits per heavy atom. The van der Waals surface area contributed by atoms with Gasteiger partial charge in [-0.1, -0.05) is 5.16 Å². The third-order valence-corrected chi connectivity index (χ3v) is 5.72. The van der Waals surface area contributed by atoms with Gasteiger partial charge >= 0.3 is 5.97 Å². The molecule has 2 aromatic heterocycles. The van der Waals surface area contributed by atoms with E-state index in [1.807, 2.05) is 19.1 Å². The lowest BCUT2D eigenvalue weighted by molar-refractivity contribution is 0.0512. The number of nitrogens with one attached hydrogen (secondary N) is 1. The number of esters is 1. The predicted octanol–water partition coefficient (Wildman–Crippen LogP) is 2.74. The fourth-order valence-corrected chi connectivity index (χ4v) is 3.94. The molecule has 0 spiro atoms. The Hall–Kier alpha value is -3.40. The maximum Gasteiger partial charge on any atom is 0.376 e. The van der Waals surface area contributed by atoms with Gasteiger partial charge in [-0.05, 0) is 51.1 Å². The zero-order chi connectivity index (χ0) is 23.2. The van der Waals surface area contributed by atoms with E-state index >= 15 is 0 Å². The van der Waals surface area contributed by atoms with Crippen molar-refractivity contribution in [3.63, 3.8) is 0 Å². The standard InChI is InChI=1S/C23H30N6O4/c1-4-32-23(30)21-25-20(19-16(2)27-33-22(19)26-21)24-10-5-11-28-12-14-29(15-13-28)17-6-8-18(31-3)9-7-17/h6-9H,4-5,10-15H2,1-3H3,(H,24,25,26). The number of methoxy groups -OCH3 is 1. The molecule has 0 atom stereocenters. The molecule has 33 heavy (non-hydrogen) atoms. The van der Waals surface area contributed by atoms with E-state index in [0.717, 1.165) is 44.9 Å². The lowest BCUT2D eigenvalue weighted by Crippen LogP contribution is -2.46. The van der Waals surface area contributed by atoms with Gasteiger partial charge in [0.2, 0.25) is 5.82 Å². The van der Waals surface area contributed by atoms with Crippen LogP contribution in [0.5, 0.6) is 5.75 Å². The van der Waals surface area contributed by atoms with Gasteiger partial charge in [-0.15, -0.1) is 0 Å². The number of hydrogen-bond acceptors (Lipinski definition) is 10. The largest absolute Gasteiger partial charge is 0.497 e. The monoisotopic (exact) mass is 454 g/mol. The molecule has 176 valence electrons. The van der Waals surface area contributed by atoms with Gasteiger partial charge in [-0.3, -0.25) is 4.90 Å². The Morgan fingerprint density at radius 3 is 2.61 bits per heavy atom. The molecule has 0 aliphatic carbocycles. The van der Waals surface area contributed by atoms with Crippen LogP contribution in [0.2, 0.25) is 0 Å². The van der Waals surface area contributed by atoms with Gasteiger partial charge in [-0.25, -0.2) is 9.78 Å². The SMILES string of the molecule is CCOC(=O)c1nc(NCCCN2CCN(c3ccc(OC)cc3)CC2)c2c(C)noc2n1. The van der Waals surface area contributed by atoms with Gasteiger partial charge in [0.25, 0.3) is 5.71 Å². The highest BCUT2D eigenvalue weighted by Gasteiger charge is 2.20. The third kappa shape index (κ3) is 5.33. The van der Waals surface area contributed by atoms with Crippen molar-refractivity contribution in [1.29, 1.82) is 0 Å². The smallest absolute Gasteiger partial charge is 0.376 e. The fourth-order valence-electron chi connectivity index (χ4n) is 3.94. The molecule has 3 heterocycles. The van der Waals surface area contributed by atoms with Crippen LogP contribution in [0.1, 0.15) is 29.7 Å². The molecule has 10 nitrogen and oxygen atoms in total. The van der Waals surface area contributed by atoms with Crippen LogP contribution in [0.25, 0.3) is 11.1 Å². The summed E-state index contributed by atoms with van der Waals surface area (Å²) in [5.74, 6) is 0.816. The summed E-state index contributed by atoms with van der Waals surface area (Å²) < 4.78 is 15.5. The summed E-state index contributed by atoms with van der Waals surface area (Å²) in [6.45, 7) is 9.53. The van der Waals surface area contributed by atoms with Crippen molar-refractivity contribution in [2.24, 2.45) is 0 Å². The van der Waals surface area contributed by atoms with Crippen molar-refractivity contribution in [3.8, 4) is 5.75 Å². The topological polar surface area (TPSA) is 106 Å². The molecule has 0 saturated carbocycles. The number of ether oxygens (including phenoxy) is 2. The molecule has 10 heteroatoms. The molecule has 1 saturated heterocycles. The van der Waals surface area contributed by atoms with Gasteiger partial charge in [0.1, 0.15) is 17.0 Å². The van der Waals surface area contributed by atoms with Crippen LogP contribution in [0.4, 0.5) is 11.5 Å². The maximum atomic E-state index is 12.1. The minimum atomic E-state index is -0.578. The van der Waals surface area contributed by atoms with Crippen molar-refractivity contribution < 1.29 is 18.8 Å². The van der Waals surface area contributed by atoms with Gasteiger partial charge in [0, 0.05) is 38.4 Å². The van der Waals surface area contributed by atoms with Gasteiger partial charge in [0.05, 0.1) is 19.4 Å². The Balaban J connectivity index is 1.28. The number of aryl methyl sites for hydroxylation is 1. The molecular weight excluding hydrogens is 424 g/mol. The predicted molar refractivity (Wildman–Crippen MR) is 125 cm³/mol. The second-order valence-corrected chi connectivity index (χ2v) is 7.87. The van der Waals surface area contributed by atoms with Crippen LogP contribution in [-0.4, -0.2) is 79.0 Å². The molecule has 3 aromatic rings. The Labute approximate surface area is 192 Å². The van der Waals surface area contributed by atoms with E-state index in [-0.39, 0.29) is 18.1 Å². The summed E-state index contributed by atoms with van der Waals surface area (Å²) >= 11 is 0. The minimum Gasteiger partial charge on any atom is -0.497 e. The lowest BCUT2D eigenvalue weighted by Gasteiger charge is -2.36. The normalized spacial score (nSPS) is 14.5. The highest BCUT2D eigenvalue weighted by molar-refractivity contribution is 5.93. The molecule has 1 aliphatic rings. The van der Waals surface area contributed by atoms with Crippen LogP contribution >= 0.6 is 0 Å². The summed E-state index contributed by atoms with van der Waals surface area (Å²) in [7, 11) is 1.68. The number of aromatic nitrogens is 3. The molecule has 1 fully saturated rings. The van der Waals surface area contributed by atoms with E-state index in [1.165, 1.54) is 5.69 Å². The number of anilines is 2. The number of nitrogens with zero attached hydrogens (tertiary/aromatic N) is 5. The number of carbonyl (C=O) groups excluding carboxylic acids is 1. The molecule has 0 amide bonds. The van der Waals surface area contributed by atoms with E-state index in [1.54, 1.807) is 14.0 Å². The van der Waals surface area contributed by atoms with E-state index in [0.29, 0.717) is 23.4 Å². The number of rotatable bonds is 9. The lowest BCUT2D eigenvalue weighted by atomic mass is 10.2. The number of fused-ring (bicyclic) bond motifs is 1. The maximum absolute atomic E-state index is 12.1. The highest BCUT2D eigenvalue weighted by atomic mass is 16.5. The Bertz CT molecular complexity index is 1080. The summed E-state index contributed by atoms with van der Waals surface area (Å²) in [6.07, 6.45) is 0.938. The van der Waals surface area contributed by atoms with E-state index < -0.39 is 5.97 Å². The fraction of sp³-hybridized carbons (Fsp3) is 0.478. The van der Waals surface area contributed by atoms with Crippen molar-refractivity contribution in [2.45, 2.75) is 20.3 Å².